The van der Waals surface area contributed by atoms with Gasteiger partial charge in [0.05, 0.1) is 11.5 Å². The molecular formula is C12H20N2O2. The van der Waals surface area contributed by atoms with E-state index in [2.05, 4.69) is 10.6 Å². The lowest BCUT2D eigenvalue weighted by Gasteiger charge is -2.26. The lowest BCUT2D eigenvalue weighted by atomic mass is 9.73. The summed E-state index contributed by atoms with van der Waals surface area (Å²) in [5.74, 6) is 0.717. The Morgan fingerprint density at radius 3 is 3.00 bits per heavy atom. The quantitative estimate of drug-likeness (QED) is 0.588. The molecule has 3 N–H and O–H groups in total. The number of amides is 1. The van der Waals surface area contributed by atoms with Crippen LogP contribution in [0.2, 0.25) is 0 Å². The molecule has 90 valence electrons. The summed E-state index contributed by atoms with van der Waals surface area (Å²) in [6.45, 7) is 2.55. The number of nitrogens with one attached hydrogen (secondary N) is 2. The Kier molecular flexibility index (Phi) is 2.27. The first-order valence-corrected chi connectivity index (χ1v) is 6.36. The molecule has 1 saturated carbocycles. The van der Waals surface area contributed by atoms with Gasteiger partial charge >= 0.3 is 0 Å². The van der Waals surface area contributed by atoms with Gasteiger partial charge in [0.2, 0.25) is 5.91 Å². The molecule has 5 unspecified atom stereocenters. The lowest BCUT2D eigenvalue weighted by Crippen LogP contribution is -2.37. The third-order valence-electron chi connectivity index (χ3n) is 4.84. The van der Waals surface area contributed by atoms with Crippen molar-refractivity contribution in [3.05, 3.63) is 0 Å². The van der Waals surface area contributed by atoms with Gasteiger partial charge in [0, 0.05) is 18.6 Å². The van der Waals surface area contributed by atoms with E-state index in [0.29, 0.717) is 12.0 Å². The fourth-order valence-electron chi connectivity index (χ4n) is 3.92. The van der Waals surface area contributed by atoms with Crippen molar-refractivity contribution < 1.29 is 9.90 Å². The van der Waals surface area contributed by atoms with E-state index >= 15 is 0 Å². The molecule has 16 heavy (non-hydrogen) atoms. The van der Waals surface area contributed by atoms with Gasteiger partial charge in [-0.2, -0.15) is 0 Å². The maximum atomic E-state index is 12.1. The van der Waals surface area contributed by atoms with Crippen LogP contribution in [0.3, 0.4) is 0 Å². The van der Waals surface area contributed by atoms with Gasteiger partial charge in [-0.05, 0) is 32.1 Å². The Balaban J connectivity index is 1.85. The summed E-state index contributed by atoms with van der Waals surface area (Å²) in [7, 11) is 0. The number of carbonyl (C=O) groups excluding carboxylic acids is 1. The molecule has 0 aromatic carbocycles. The second-order valence-electron chi connectivity index (χ2n) is 5.71. The molecule has 0 aromatic rings. The van der Waals surface area contributed by atoms with Crippen molar-refractivity contribution >= 4 is 5.91 Å². The molecule has 3 aliphatic rings. The van der Waals surface area contributed by atoms with Gasteiger partial charge in [-0.25, -0.2) is 0 Å². The van der Waals surface area contributed by atoms with Crippen molar-refractivity contribution in [1.82, 2.24) is 10.6 Å². The first-order valence-electron chi connectivity index (χ1n) is 6.36. The Labute approximate surface area is 95.8 Å². The van der Waals surface area contributed by atoms with Crippen LogP contribution in [0.25, 0.3) is 0 Å². The lowest BCUT2D eigenvalue weighted by molar-refractivity contribution is -0.128. The molecule has 0 bridgehead atoms. The number of hydrogen-bond donors (Lipinski definition) is 3. The van der Waals surface area contributed by atoms with E-state index in [4.69, 9.17) is 0 Å². The summed E-state index contributed by atoms with van der Waals surface area (Å²) in [4.78, 5) is 12.1. The van der Waals surface area contributed by atoms with Crippen molar-refractivity contribution in [2.24, 2.45) is 11.3 Å². The van der Waals surface area contributed by atoms with Gasteiger partial charge in [-0.3, -0.25) is 4.79 Å². The fraction of sp³-hybridized carbons (Fsp3) is 0.917. The van der Waals surface area contributed by atoms with Crippen molar-refractivity contribution in [3.63, 3.8) is 0 Å². The molecule has 2 aliphatic heterocycles. The van der Waals surface area contributed by atoms with Gasteiger partial charge in [0.1, 0.15) is 0 Å². The van der Waals surface area contributed by atoms with Crippen LogP contribution in [0.1, 0.15) is 32.6 Å². The van der Waals surface area contributed by atoms with Crippen molar-refractivity contribution in [2.75, 3.05) is 6.54 Å². The molecule has 3 rings (SSSR count). The van der Waals surface area contributed by atoms with Gasteiger partial charge in [-0.1, -0.05) is 6.42 Å². The van der Waals surface area contributed by atoms with Gasteiger partial charge in [-0.15, -0.1) is 0 Å². The molecule has 2 saturated heterocycles. The predicted octanol–water partition coefficient (Wildman–Crippen LogP) is 0.0140. The Bertz CT molecular complexity index is 318. The van der Waals surface area contributed by atoms with Crippen LogP contribution in [-0.2, 0) is 4.79 Å². The Morgan fingerprint density at radius 1 is 1.50 bits per heavy atom. The number of aliphatic hydroxyl groups is 1. The number of carbonyl (C=O) groups is 1. The van der Waals surface area contributed by atoms with E-state index < -0.39 is 0 Å². The van der Waals surface area contributed by atoms with E-state index in [1.807, 2.05) is 0 Å². The topological polar surface area (TPSA) is 61.4 Å². The zero-order chi connectivity index (χ0) is 11.3. The van der Waals surface area contributed by atoms with E-state index in [-0.39, 0.29) is 23.5 Å². The summed E-state index contributed by atoms with van der Waals surface area (Å²) in [5.41, 5.74) is -0.219. The van der Waals surface area contributed by atoms with Crippen LogP contribution in [0, 0.1) is 11.3 Å². The van der Waals surface area contributed by atoms with E-state index in [1.54, 1.807) is 6.92 Å². The predicted molar refractivity (Wildman–Crippen MR) is 59.8 cm³/mol. The first-order chi connectivity index (χ1) is 7.63. The molecule has 5 atom stereocenters. The normalized spacial score (nSPS) is 48.4. The number of aliphatic hydroxyl groups excluding tert-OH is 1. The summed E-state index contributed by atoms with van der Waals surface area (Å²) >= 11 is 0. The van der Waals surface area contributed by atoms with Gasteiger partial charge in [0.15, 0.2) is 0 Å². The molecule has 3 fully saturated rings. The zero-order valence-corrected chi connectivity index (χ0v) is 9.70. The molecular weight excluding hydrogens is 204 g/mol. The second-order valence-corrected chi connectivity index (χ2v) is 5.71. The highest BCUT2D eigenvalue weighted by Gasteiger charge is 2.59. The zero-order valence-electron chi connectivity index (χ0n) is 9.70. The molecule has 2 heterocycles. The van der Waals surface area contributed by atoms with Crippen molar-refractivity contribution in [2.45, 2.75) is 50.8 Å². The second kappa shape index (κ2) is 3.44. The minimum Gasteiger partial charge on any atom is -0.392 e. The Hall–Kier alpha value is -0.610. The first kappa shape index (κ1) is 10.5. The maximum absolute atomic E-state index is 12.1. The molecule has 1 aliphatic carbocycles. The highest BCUT2D eigenvalue weighted by Crippen LogP contribution is 2.49. The molecule has 1 spiro atoms. The molecule has 4 heteroatoms. The number of fused-ring (bicyclic) bond motifs is 2. The Morgan fingerprint density at radius 2 is 2.31 bits per heavy atom. The highest BCUT2D eigenvalue weighted by atomic mass is 16.3. The molecule has 0 aromatic heterocycles. The molecule has 1 amide bonds. The summed E-state index contributed by atoms with van der Waals surface area (Å²) in [6, 6.07) is 0.493. The highest BCUT2D eigenvalue weighted by molar-refractivity contribution is 5.87. The van der Waals surface area contributed by atoms with Crippen LogP contribution >= 0.6 is 0 Å². The van der Waals surface area contributed by atoms with Crippen LogP contribution in [0.4, 0.5) is 0 Å². The van der Waals surface area contributed by atoms with Crippen LogP contribution < -0.4 is 10.6 Å². The number of rotatable bonds is 1. The summed E-state index contributed by atoms with van der Waals surface area (Å²) < 4.78 is 0. The molecule has 4 nitrogen and oxygen atoms in total. The van der Waals surface area contributed by atoms with E-state index in [0.717, 1.165) is 25.8 Å². The largest absolute Gasteiger partial charge is 0.392 e. The van der Waals surface area contributed by atoms with Gasteiger partial charge in [0.25, 0.3) is 0 Å². The third kappa shape index (κ3) is 1.26. The SMILES string of the molecule is CC(O)C1CC2(CN1)C(=O)NC1CCCC12. The summed E-state index contributed by atoms with van der Waals surface area (Å²) in [6.07, 6.45) is 3.97. The smallest absolute Gasteiger partial charge is 0.228 e. The monoisotopic (exact) mass is 224 g/mol. The molecule has 0 radical (unpaired) electrons. The maximum Gasteiger partial charge on any atom is 0.228 e. The minimum atomic E-state index is -0.368. The van der Waals surface area contributed by atoms with Gasteiger partial charge < -0.3 is 15.7 Å². The minimum absolute atomic E-state index is 0.0881. The van der Waals surface area contributed by atoms with Crippen LogP contribution in [0.5, 0.6) is 0 Å². The van der Waals surface area contributed by atoms with Crippen LogP contribution in [-0.4, -0.2) is 35.7 Å². The average Bonchev–Trinajstić information content (AvgIpc) is 2.86. The van der Waals surface area contributed by atoms with Crippen molar-refractivity contribution in [1.29, 1.82) is 0 Å². The fourth-order valence-corrected chi connectivity index (χ4v) is 3.92. The van der Waals surface area contributed by atoms with Crippen molar-refractivity contribution in [3.8, 4) is 0 Å². The van der Waals surface area contributed by atoms with E-state index in [1.165, 1.54) is 6.42 Å². The van der Waals surface area contributed by atoms with E-state index in [9.17, 15) is 9.90 Å². The van der Waals surface area contributed by atoms with Crippen LogP contribution in [0.15, 0.2) is 0 Å². The standard InChI is InChI=1S/C12H20N2O2/c1-7(15)10-5-12(6-13-10)8-3-2-4-9(8)14-11(12)16/h7-10,13,15H,2-6H2,1H3,(H,14,16). The average molecular weight is 224 g/mol. The third-order valence-corrected chi connectivity index (χ3v) is 4.84. The number of hydrogen-bond acceptors (Lipinski definition) is 3. The summed E-state index contributed by atoms with van der Waals surface area (Å²) in [5, 5.41) is 16.1.